The van der Waals surface area contributed by atoms with Gasteiger partial charge in [0.05, 0.1) is 4.75 Å². The van der Waals surface area contributed by atoms with E-state index in [4.69, 9.17) is 11.5 Å². The second-order valence-electron chi connectivity index (χ2n) is 8.05. The third-order valence-corrected chi connectivity index (χ3v) is 7.38. The van der Waals surface area contributed by atoms with Gasteiger partial charge in [-0.1, -0.05) is 66.8 Å². The van der Waals surface area contributed by atoms with Crippen LogP contribution in [0.5, 0.6) is 0 Å². The zero-order valence-corrected chi connectivity index (χ0v) is 19.3. The molecule has 0 radical (unpaired) electrons. The molecule has 1 unspecified atom stereocenters. The number of hydrogen-bond donors (Lipinski definition) is 3. The molecule has 0 fully saturated rings. The first kappa shape index (κ1) is 24.1. The molecule has 5 N–H and O–H groups in total. The number of thioether (sulfide) groups is 1. The Kier molecular flexibility index (Phi) is 8.94. The van der Waals surface area contributed by atoms with Gasteiger partial charge in [0.2, 0.25) is 11.8 Å². The van der Waals surface area contributed by atoms with E-state index in [2.05, 4.69) is 53.9 Å². The van der Waals surface area contributed by atoms with Crippen LogP contribution in [-0.2, 0) is 14.3 Å². The molecule has 5 nitrogen and oxygen atoms in total. The topological polar surface area (TPSA) is 98.2 Å². The summed E-state index contributed by atoms with van der Waals surface area (Å²) in [6.45, 7) is 0.432. The van der Waals surface area contributed by atoms with Crippen LogP contribution in [0.1, 0.15) is 44.1 Å². The number of nitrogens with two attached hydrogens (primary N) is 2. The fourth-order valence-corrected chi connectivity index (χ4v) is 5.71. The van der Waals surface area contributed by atoms with E-state index >= 15 is 0 Å². The zero-order chi connectivity index (χ0) is 22.8. The number of nitrogens with one attached hydrogen (secondary N) is 1. The van der Waals surface area contributed by atoms with Gasteiger partial charge in [-0.05, 0) is 55.4 Å². The van der Waals surface area contributed by atoms with Crippen molar-refractivity contribution in [3.8, 4) is 0 Å². The molecule has 3 rings (SSSR count). The van der Waals surface area contributed by atoms with Crippen LogP contribution in [0.3, 0.4) is 0 Å². The monoisotopic (exact) mass is 451 g/mol. The molecule has 0 aliphatic heterocycles. The van der Waals surface area contributed by atoms with Crippen LogP contribution in [0.25, 0.3) is 0 Å². The minimum absolute atomic E-state index is 0.196. The van der Waals surface area contributed by atoms with E-state index in [1.807, 2.05) is 18.2 Å². The van der Waals surface area contributed by atoms with Crippen LogP contribution in [0.4, 0.5) is 0 Å². The lowest BCUT2D eigenvalue weighted by Crippen LogP contribution is -2.47. The van der Waals surface area contributed by atoms with Gasteiger partial charge in [0.15, 0.2) is 0 Å². The van der Waals surface area contributed by atoms with Gasteiger partial charge in [0.25, 0.3) is 0 Å². The smallest absolute Gasteiger partial charge is 0.240 e. The highest BCUT2D eigenvalue weighted by atomic mass is 32.2. The maximum atomic E-state index is 12.3. The van der Waals surface area contributed by atoms with Gasteiger partial charge < -0.3 is 16.8 Å². The molecule has 0 saturated heterocycles. The highest BCUT2D eigenvalue weighted by Crippen LogP contribution is 2.51. The minimum Gasteiger partial charge on any atom is -0.368 e. The van der Waals surface area contributed by atoms with Crippen LogP contribution >= 0.6 is 11.8 Å². The van der Waals surface area contributed by atoms with Crippen LogP contribution in [0, 0.1) is 0 Å². The van der Waals surface area contributed by atoms with E-state index in [1.165, 1.54) is 11.1 Å². The van der Waals surface area contributed by atoms with E-state index in [0.29, 0.717) is 18.7 Å². The molecule has 32 heavy (non-hydrogen) atoms. The highest BCUT2D eigenvalue weighted by Gasteiger charge is 2.40. The van der Waals surface area contributed by atoms with Gasteiger partial charge in [0.1, 0.15) is 6.04 Å². The molecule has 2 aliphatic rings. The molecule has 6 heteroatoms. The number of primary amides is 1. The van der Waals surface area contributed by atoms with Crippen molar-refractivity contribution >= 4 is 23.6 Å². The Morgan fingerprint density at radius 1 is 1.00 bits per heavy atom. The lowest BCUT2D eigenvalue weighted by Gasteiger charge is -2.39. The quantitative estimate of drug-likeness (QED) is 0.475. The van der Waals surface area contributed by atoms with Crippen LogP contribution in [0.15, 0.2) is 77.9 Å². The number of benzene rings is 1. The van der Waals surface area contributed by atoms with Crippen molar-refractivity contribution < 1.29 is 9.59 Å². The second-order valence-corrected chi connectivity index (χ2v) is 9.29. The summed E-state index contributed by atoms with van der Waals surface area (Å²) < 4.78 is -0.481. The summed E-state index contributed by atoms with van der Waals surface area (Å²) in [5, 5.41) is 2.82. The number of carbonyl (C=O) groups is 2. The average molecular weight is 452 g/mol. The summed E-state index contributed by atoms with van der Waals surface area (Å²) in [6, 6.07) is 9.63. The van der Waals surface area contributed by atoms with Crippen molar-refractivity contribution in [1.82, 2.24) is 5.32 Å². The number of hydrogen-bond acceptors (Lipinski definition) is 4. The Balaban J connectivity index is 1.98. The Morgan fingerprint density at radius 2 is 1.62 bits per heavy atom. The lowest BCUT2D eigenvalue weighted by molar-refractivity contribution is -0.126. The molecular weight excluding hydrogens is 418 g/mol. The van der Waals surface area contributed by atoms with Gasteiger partial charge in [-0.15, -0.1) is 11.8 Å². The predicted octanol–water partition coefficient (Wildman–Crippen LogP) is 3.88. The summed E-state index contributed by atoms with van der Waals surface area (Å²) in [5.74, 6) is -0.352. The van der Waals surface area contributed by atoms with Gasteiger partial charge in [-0.3, -0.25) is 9.59 Å². The third kappa shape index (κ3) is 5.81. The number of amides is 2. The van der Waals surface area contributed by atoms with Gasteiger partial charge in [-0.25, -0.2) is 0 Å². The first-order valence-electron chi connectivity index (χ1n) is 11.3. The summed E-state index contributed by atoms with van der Waals surface area (Å²) in [5.41, 5.74) is 14.8. The molecule has 1 aromatic carbocycles. The maximum Gasteiger partial charge on any atom is 0.240 e. The molecule has 1 aromatic rings. The Morgan fingerprint density at radius 3 is 2.12 bits per heavy atom. The minimum atomic E-state index is -0.755. The highest BCUT2D eigenvalue weighted by molar-refractivity contribution is 8.00. The summed E-state index contributed by atoms with van der Waals surface area (Å²) in [6.07, 6.45) is 18.3. The van der Waals surface area contributed by atoms with Crippen molar-refractivity contribution in [2.45, 2.75) is 49.3 Å². The standard InChI is InChI=1S/C26H33N3O2S/c27-18-10-17-24(30)29-23(25(28)31)19-32-26(20-11-4-1-5-12-20,21-13-6-2-7-14-21)22-15-8-3-9-16-22/h1,4-6,8,11-16,23H,2-3,7,9-10,17-19,27H2,(H2,28,31)(H,29,30). The van der Waals surface area contributed by atoms with Crippen molar-refractivity contribution in [2.24, 2.45) is 11.5 Å². The van der Waals surface area contributed by atoms with E-state index in [0.717, 1.165) is 31.2 Å². The molecule has 0 bridgehead atoms. The molecule has 2 aliphatic carbocycles. The molecule has 0 aromatic heterocycles. The van der Waals surface area contributed by atoms with Gasteiger partial charge >= 0.3 is 0 Å². The molecule has 170 valence electrons. The van der Waals surface area contributed by atoms with E-state index in [1.54, 1.807) is 11.8 Å². The Labute approximate surface area is 195 Å². The molecule has 0 spiro atoms. The van der Waals surface area contributed by atoms with E-state index in [9.17, 15) is 9.59 Å². The van der Waals surface area contributed by atoms with E-state index < -0.39 is 16.7 Å². The number of rotatable bonds is 11. The zero-order valence-electron chi connectivity index (χ0n) is 18.5. The lowest BCUT2D eigenvalue weighted by atomic mass is 9.79. The van der Waals surface area contributed by atoms with Gasteiger partial charge in [-0.2, -0.15) is 0 Å². The summed E-state index contributed by atoms with van der Waals surface area (Å²) in [7, 11) is 0. The summed E-state index contributed by atoms with van der Waals surface area (Å²) >= 11 is 1.66. The molecule has 0 saturated carbocycles. The first-order chi connectivity index (χ1) is 15.6. The van der Waals surface area contributed by atoms with Crippen LogP contribution < -0.4 is 16.8 Å². The second kappa shape index (κ2) is 11.9. The normalized spacial score (nSPS) is 16.8. The molecular formula is C26H33N3O2S. The first-order valence-corrected chi connectivity index (χ1v) is 12.3. The Bertz CT molecular complexity index is 886. The van der Waals surface area contributed by atoms with Crippen LogP contribution in [0.2, 0.25) is 0 Å². The fraction of sp³-hybridized carbons (Fsp3) is 0.385. The predicted molar refractivity (Wildman–Crippen MR) is 133 cm³/mol. The largest absolute Gasteiger partial charge is 0.368 e. The molecule has 0 heterocycles. The maximum absolute atomic E-state index is 12.3. The van der Waals surface area contributed by atoms with Crippen molar-refractivity contribution in [3.63, 3.8) is 0 Å². The van der Waals surface area contributed by atoms with E-state index in [-0.39, 0.29) is 12.3 Å². The molecule has 1 atom stereocenters. The summed E-state index contributed by atoms with van der Waals surface area (Å²) in [4.78, 5) is 24.5. The fourth-order valence-electron chi connectivity index (χ4n) is 4.10. The SMILES string of the molecule is NCCCC(=O)NC(CSC(C1=CCCC=C1)(C1=CCCC=C1)c1ccccc1)C(N)=O. The third-order valence-electron chi connectivity index (χ3n) is 5.74. The Hall–Kier alpha value is -2.57. The average Bonchev–Trinajstić information content (AvgIpc) is 2.84. The van der Waals surface area contributed by atoms with Crippen molar-refractivity contribution in [2.75, 3.05) is 12.3 Å². The number of carbonyl (C=O) groups excluding carboxylic acids is 2. The number of allylic oxidation sites excluding steroid dienone is 6. The van der Waals surface area contributed by atoms with Crippen LogP contribution in [-0.4, -0.2) is 30.2 Å². The van der Waals surface area contributed by atoms with Crippen molar-refractivity contribution in [1.29, 1.82) is 0 Å². The van der Waals surface area contributed by atoms with Gasteiger partial charge in [0, 0.05) is 12.2 Å². The van der Waals surface area contributed by atoms with Crippen molar-refractivity contribution in [3.05, 3.63) is 83.5 Å². The molecule has 2 amide bonds.